The average Bonchev–Trinajstić information content (AvgIpc) is 2.43. The van der Waals surface area contributed by atoms with Crippen LogP contribution in [0, 0.1) is 18.6 Å². The van der Waals surface area contributed by atoms with E-state index in [0.29, 0.717) is 12.2 Å². The molecule has 0 heterocycles. The summed E-state index contributed by atoms with van der Waals surface area (Å²) in [7, 11) is 1.57. The largest absolute Gasteiger partial charge is 0.496 e. The van der Waals surface area contributed by atoms with Gasteiger partial charge in [0.2, 0.25) is 0 Å². The average molecular weight is 277 g/mol. The Hall–Kier alpha value is -1.94. The van der Waals surface area contributed by atoms with Crippen molar-refractivity contribution in [3.63, 3.8) is 0 Å². The minimum atomic E-state index is -0.624. The van der Waals surface area contributed by atoms with Crippen LogP contribution in [0.1, 0.15) is 22.7 Å². The molecule has 2 nitrogen and oxygen atoms in total. The van der Waals surface area contributed by atoms with Crippen molar-refractivity contribution < 1.29 is 13.5 Å². The Morgan fingerprint density at radius 2 is 1.85 bits per heavy atom. The predicted octanol–water partition coefficient (Wildman–Crippen LogP) is 3.52. The lowest BCUT2D eigenvalue weighted by Crippen LogP contribution is -2.16. The van der Waals surface area contributed by atoms with Crippen molar-refractivity contribution >= 4 is 0 Å². The Labute approximate surface area is 117 Å². The van der Waals surface area contributed by atoms with Gasteiger partial charge >= 0.3 is 0 Å². The molecule has 1 atom stereocenters. The first-order valence-corrected chi connectivity index (χ1v) is 6.36. The zero-order chi connectivity index (χ0) is 14.7. The van der Waals surface area contributed by atoms with Crippen molar-refractivity contribution in [2.45, 2.75) is 19.4 Å². The number of ether oxygens (including phenoxy) is 1. The molecule has 1 unspecified atom stereocenters. The van der Waals surface area contributed by atoms with Crippen molar-refractivity contribution in [2.24, 2.45) is 5.73 Å². The Morgan fingerprint density at radius 3 is 2.55 bits per heavy atom. The normalized spacial score (nSPS) is 12.2. The fourth-order valence-corrected chi connectivity index (χ4v) is 2.16. The SMILES string of the molecule is COc1ccccc1CC(N)c1cc(F)c(C)cc1F. The van der Waals surface area contributed by atoms with E-state index in [2.05, 4.69) is 0 Å². The third-order valence-electron chi connectivity index (χ3n) is 3.31. The van der Waals surface area contributed by atoms with E-state index in [0.717, 1.165) is 5.56 Å². The van der Waals surface area contributed by atoms with Crippen molar-refractivity contribution in [2.75, 3.05) is 7.11 Å². The van der Waals surface area contributed by atoms with Gasteiger partial charge in [0.1, 0.15) is 17.4 Å². The van der Waals surface area contributed by atoms with E-state index in [-0.39, 0.29) is 11.1 Å². The highest BCUT2D eigenvalue weighted by atomic mass is 19.1. The number of para-hydroxylation sites is 1. The van der Waals surface area contributed by atoms with E-state index in [4.69, 9.17) is 10.5 Å². The van der Waals surface area contributed by atoms with Crippen molar-refractivity contribution in [3.8, 4) is 5.75 Å². The summed E-state index contributed by atoms with van der Waals surface area (Å²) in [6, 6.07) is 9.10. The van der Waals surface area contributed by atoms with Crippen molar-refractivity contribution in [3.05, 3.63) is 64.7 Å². The first-order valence-electron chi connectivity index (χ1n) is 6.36. The quantitative estimate of drug-likeness (QED) is 0.928. The maximum atomic E-state index is 13.9. The van der Waals surface area contributed by atoms with Gasteiger partial charge in [-0.1, -0.05) is 18.2 Å². The summed E-state index contributed by atoms with van der Waals surface area (Å²) >= 11 is 0. The van der Waals surface area contributed by atoms with Crippen LogP contribution in [0.3, 0.4) is 0 Å². The van der Waals surface area contributed by atoms with E-state index < -0.39 is 17.7 Å². The van der Waals surface area contributed by atoms with Gasteiger partial charge in [-0.15, -0.1) is 0 Å². The molecular formula is C16H17F2NO. The van der Waals surface area contributed by atoms with Crippen LogP contribution in [0.4, 0.5) is 8.78 Å². The summed E-state index contributed by atoms with van der Waals surface area (Å²) in [5.41, 5.74) is 7.33. The van der Waals surface area contributed by atoms with Gasteiger partial charge in [-0.2, -0.15) is 0 Å². The van der Waals surface area contributed by atoms with Crippen LogP contribution >= 0.6 is 0 Å². The van der Waals surface area contributed by atoms with Crippen molar-refractivity contribution in [1.82, 2.24) is 0 Å². The second-order valence-electron chi connectivity index (χ2n) is 4.75. The molecule has 4 heteroatoms. The molecule has 0 aliphatic rings. The van der Waals surface area contributed by atoms with E-state index >= 15 is 0 Å². The Bertz CT molecular complexity index is 613. The zero-order valence-electron chi connectivity index (χ0n) is 11.5. The van der Waals surface area contributed by atoms with Crippen LogP contribution in [0.2, 0.25) is 0 Å². The van der Waals surface area contributed by atoms with Gasteiger partial charge in [-0.3, -0.25) is 0 Å². The van der Waals surface area contributed by atoms with Crippen molar-refractivity contribution in [1.29, 1.82) is 0 Å². The molecule has 0 aliphatic heterocycles. The maximum Gasteiger partial charge on any atom is 0.128 e. The monoisotopic (exact) mass is 277 g/mol. The van der Waals surface area contributed by atoms with Crippen LogP contribution in [0.15, 0.2) is 36.4 Å². The van der Waals surface area contributed by atoms with E-state index in [1.54, 1.807) is 7.11 Å². The smallest absolute Gasteiger partial charge is 0.128 e. The predicted molar refractivity (Wildman–Crippen MR) is 74.7 cm³/mol. The molecule has 0 amide bonds. The number of nitrogens with two attached hydrogens (primary N) is 1. The summed E-state index contributed by atoms with van der Waals surface area (Å²) < 4.78 is 32.7. The number of rotatable bonds is 4. The standard InChI is InChI=1S/C16H17F2NO/c1-10-7-14(18)12(9-13(10)17)15(19)8-11-5-3-4-6-16(11)20-2/h3-7,9,15H,8,19H2,1-2H3. The molecule has 0 bridgehead atoms. The number of methoxy groups -OCH3 is 1. The van der Waals surface area contributed by atoms with Crippen LogP contribution in [0.25, 0.3) is 0 Å². The topological polar surface area (TPSA) is 35.2 Å². The summed E-state index contributed by atoms with van der Waals surface area (Å²) in [6.07, 6.45) is 0.378. The lowest BCUT2D eigenvalue weighted by molar-refractivity contribution is 0.407. The molecule has 0 aliphatic carbocycles. The number of halogens is 2. The third-order valence-corrected chi connectivity index (χ3v) is 3.31. The molecule has 2 aromatic carbocycles. The van der Waals surface area contributed by atoms with Gasteiger partial charge in [0.05, 0.1) is 7.11 Å². The van der Waals surface area contributed by atoms with Crippen LogP contribution in [0.5, 0.6) is 5.75 Å². The molecule has 0 saturated carbocycles. The van der Waals surface area contributed by atoms with Gasteiger partial charge in [0.25, 0.3) is 0 Å². The number of aryl methyl sites for hydroxylation is 1. The molecule has 0 aromatic heterocycles. The molecule has 0 fully saturated rings. The first-order chi connectivity index (χ1) is 9.52. The van der Waals surface area contributed by atoms with Crippen LogP contribution in [-0.4, -0.2) is 7.11 Å². The molecule has 0 spiro atoms. The highest BCUT2D eigenvalue weighted by Crippen LogP contribution is 2.26. The van der Waals surface area contributed by atoms with E-state index in [1.165, 1.54) is 19.1 Å². The minimum absolute atomic E-state index is 0.180. The lowest BCUT2D eigenvalue weighted by Gasteiger charge is -2.16. The van der Waals surface area contributed by atoms with Crippen LogP contribution < -0.4 is 10.5 Å². The summed E-state index contributed by atoms with van der Waals surface area (Å²) in [6.45, 7) is 1.52. The Kier molecular flexibility index (Phi) is 4.35. The van der Waals surface area contributed by atoms with Gasteiger partial charge in [0.15, 0.2) is 0 Å². The highest BCUT2D eigenvalue weighted by Gasteiger charge is 2.16. The molecule has 2 rings (SSSR count). The molecule has 20 heavy (non-hydrogen) atoms. The lowest BCUT2D eigenvalue weighted by atomic mass is 9.97. The fraction of sp³-hybridized carbons (Fsp3) is 0.250. The number of hydrogen-bond acceptors (Lipinski definition) is 2. The molecule has 0 radical (unpaired) electrons. The molecule has 2 N–H and O–H groups in total. The zero-order valence-corrected chi connectivity index (χ0v) is 11.5. The highest BCUT2D eigenvalue weighted by molar-refractivity contribution is 5.36. The second-order valence-corrected chi connectivity index (χ2v) is 4.75. The van der Waals surface area contributed by atoms with E-state index in [9.17, 15) is 8.78 Å². The number of hydrogen-bond donors (Lipinski definition) is 1. The molecular weight excluding hydrogens is 260 g/mol. The second kappa shape index (κ2) is 6.01. The molecule has 106 valence electrons. The van der Waals surface area contributed by atoms with Gasteiger partial charge in [-0.25, -0.2) is 8.78 Å². The Morgan fingerprint density at radius 1 is 1.15 bits per heavy atom. The summed E-state index contributed by atoms with van der Waals surface area (Å²) in [4.78, 5) is 0. The Balaban J connectivity index is 2.28. The number of benzene rings is 2. The van der Waals surface area contributed by atoms with Crippen LogP contribution in [-0.2, 0) is 6.42 Å². The van der Waals surface area contributed by atoms with Gasteiger partial charge in [-0.05, 0) is 42.7 Å². The molecule has 2 aromatic rings. The van der Waals surface area contributed by atoms with Gasteiger partial charge < -0.3 is 10.5 Å². The van der Waals surface area contributed by atoms with Gasteiger partial charge in [0, 0.05) is 11.6 Å². The summed E-state index contributed by atoms with van der Waals surface area (Å²) in [5, 5.41) is 0. The molecule has 0 saturated heterocycles. The maximum absolute atomic E-state index is 13.9. The first kappa shape index (κ1) is 14.5. The minimum Gasteiger partial charge on any atom is -0.496 e. The fourth-order valence-electron chi connectivity index (χ4n) is 2.16. The third kappa shape index (κ3) is 2.96. The van der Waals surface area contributed by atoms with E-state index in [1.807, 2.05) is 24.3 Å². The summed E-state index contributed by atoms with van der Waals surface area (Å²) in [5.74, 6) is -0.237.